The lowest BCUT2D eigenvalue weighted by Crippen LogP contribution is -2.30. The molecule has 3 aromatic heterocycles. The highest BCUT2D eigenvalue weighted by molar-refractivity contribution is 6.31. The van der Waals surface area contributed by atoms with Gasteiger partial charge in [0.1, 0.15) is 12.1 Å². The molecule has 198 valence electrons. The van der Waals surface area contributed by atoms with Crippen molar-refractivity contribution in [3.63, 3.8) is 0 Å². The van der Waals surface area contributed by atoms with E-state index in [0.717, 1.165) is 11.1 Å². The number of carbonyl (C=O) groups excluding carboxylic acids is 1. The van der Waals surface area contributed by atoms with Gasteiger partial charge in [-0.3, -0.25) is 19.6 Å². The Morgan fingerprint density at radius 1 is 1.03 bits per heavy atom. The molecular formula is C29H25ClFN5O3. The lowest BCUT2D eigenvalue weighted by Gasteiger charge is -2.21. The summed E-state index contributed by atoms with van der Waals surface area (Å²) in [7, 11) is 1.49. The van der Waals surface area contributed by atoms with E-state index in [1.54, 1.807) is 36.8 Å². The zero-order chi connectivity index (χ0) is 27.5. The monoisotopic (exact) mass is 545 g/mol. The fraction of sp³-hybridized carbons (Fsp3) is 0.207. The SMILES string of the molecule is CCCC(C(=O)Cc1ccc2nccnc2c1)n1cc(OC)c(-c2cc(Cl)ccc2-n2cnc(F)c2)cc1=O. The Morgan fingerprint density at radius 3 is 2.54 bits per heavy atom. The van der Waals surface area contributed by atoms with Crippen LogP contribution in [0.25, 0.3) is 27.8 Å². The molecule has 39 heavy (non-hydrogen) atoms. The third-order valence-electron chi connectivity index (χ3n) is 6.52. The smallest absolute Gasteiger partial charge is 0.252 e. The van der Waals surface area contributed by atoms with E-state index in [0.29, 0.717) is 45.9 Å². The third kappa shape index (κ3) is 5.44. The molecule has 0 spiro atoms. The first-order valence-electron chi connectivity index (χ1n) is 12.4. The average molecular weight is 546 g/mol. The van der Waals surface area contributed by atoms with Crippen LogP contribution in [0.4, 0.5) is 4.39 Å². The summed E-state index contributed by atoms with van der Waals surface area (Å²) in [6.45, 7) is 1.96. The average Bonchev–Trinajstić information content (AvgIpc) is 3.37. The molecule has 0 aliphatic heterocycles. The number of fused-ring (bicyclic) bond motifs is 1. The maximum absolute atomic E-state index is 13.7. The van der Waals surface area contributed by atoms with Crippen molar-refractivity contribution in [2.75, 3.05) is 7.11 Å². The van der Waals surface area contributed by atoms with Crippen LogP contribution in [0, 0.1) is 5.95 Å². The molecule has 5 aromatic rings. The first-order valence-corrected chi connectivity index (χ1v) is 12.8. The van der Waals surface area contributed by atoms with Crippen molar-refractivity contribution in [2.24, 2.45) is 0 Å². The number of rotatable bonds is 9. The summed E-state index contributed by atoms with van der Waals surface area (Å²) >= 11 is 6.30. The van der Waals surface area contributed by atoms with E-state index < -0.39 is 12.0 Å². The van der Waals surface area contributed by atoms with Gasteiger partial charge >= 0.3 is 0 Å². The van der Waals surface area contributed by atoms with Crippen molar-refractivity contribution in [1.29, 1.82) is 0 Å². The minimum absolute atomic E-state index is 0.102. The van der Waals surface area contributed by atoms with Crippen LogP contribution in [0.3, 0.4) is 0 Å². The molecule has 1 unspecified atom stereocenters. The Balaban J connectivity index is 1.54. The summed E-state index contributed by atoms with van der Waals surface area (Å²) in [4.78, 5) is 39.3. The van der Waals surface area contributed by atoms with Crippen molar-refractivity contribution in [2.45, 2.75) is 32.2 Å². The van der Waals surface area contributed by atoms with Crippen LogP contribution in [0.5, 0.6) is 5.75 Å². The Morgan fingerprint density at radius 2 is 1.82 bits per heavy atom. The number of ketones is 1. The number of carbonyl (C=O) groups is 1. The number of pyridine rings is 1. The summed E-state index contributed by atoms with van der Waals surface area (Å²) in [6.07, 6.45) is 8.66. The molecule has 1 atom stereocenters. The van der Waals surface area contributed by atoms with Gasteiger partial charge in [-0.15, -0.1) is 0 Å². The number of benzene rings is 2. The van der Waals surface area contributed by atoms with E-state index >= 15 is 0 Å². The maximum atomic E-state index is 13.7. The number of nitrogens with zero attached hydrogens (tertiary/aromatic N) is 5. The highest BCUT2D eigenvalue weighted by Gasteiger charge is 2.24. The van der Waals surface area contributed by atoms with Gasteiger partial charge in [0.15, 0.2) is 5.78 Å². The largest absolute Gasteiger partial charge is 0.495 e. The van der Waals surface area contributed by atoms with Crippen molar-refractivity contribution >= 4 is 28.4 Å². The predicted octanol–water partition coefficient (Wildman–Crippen LogP) is 5.60. The quantitative estimate of drug-likeness (QED) is 0.239. The van der Waals surface area contributed by atoms with Crippen LogP contribution >= 0.6 is 11.6 Å². The molecule has 0 radical (unpaired) electrons. The van der Waals surface area contributed by atoms with E-state index in [1.165, 1.54) is 34.8 Å². The summed E-state index contributed by atoms with van der Waals surface area (Å²) in [5.41, 5.74) is 3.44. The van der Waals surface area contributed by atoms with Crippen LogP contribution in [0.2, 0.25) is 5.02 Å². The van der Waals surface area contributed by atoms with Gasteiger partial charge in [0.05, 0.1) is 42.3 Å². The van der Waals surface area contributed by atoms with Crippen LogP contribution in [-0.2, 0) is 11.2 Å². The second kappa shape index (κ2) is 11.2. The normalized spacial score (nSPS) is 12.0. The minimum Gasteiger partial charge on any atom is -0.495 e. The number of imidazole rings is 1. The molecule has 0 aliphatic rings. The van der Waals surface area contributed by atoms with E-state index in [1.807, 2.05) is 25.1 Å². The fourth-order valence-electron chi connectivity index (χ4n) is 4.69. The second-order valence-electron chi connectivity index (χ2n) is 9.09. The van der Waals surface area contributed by atoms with Gasteiger partial charge in [-0.05, 0) is 42.3 Å². The van der Waals surface area contributed by atoms with Crippen LogP contribution in [0.1, 0.15) is 31.4 Å². The van der Waals surface area contributed by atoms with Gasteiger partial charge < -0.3 is 13.9 Å². The van der Waals surface area contributed by atoms with Crippen LogP contribution in [-0.4, -0.2) is 37.0 Å². The zero-order valence-corrected chi connectivity index (χ0v) is 22.1. The molecule has 0 saturated heterocycles. The maximum Gasteiger partial charge on any atom is 0.252 e. The Kier molecular flexibility index (Phi) is 7.51. The topological polar surface area (TPSA) is 91.9 Å². The lowest BCUT2D eigenvalue weighted by atomic mass is 9.98. The lowest BCUT2D eigenvalue weighted by molar-refractivity contribution is -0.121. The van der Waals surface area contributed by atoms with E-state index in [-0.39, 0.29) is 17.8 Å². The fourth-order valence-corrected chi connectivity index (χ4v) is 4.86. The highest BCUT2D eigenvalue weighted by Crippen LogP contribution is 2.36. The molecule has 0 N–H and O–H groups in total. The number of halogens is 2. The Bertz CT molecular complexity index is 1730. The Hall–Kier alpha value is -4.37. The predicted molar refractivity (Wildman–Crippen MR) is 147 cm³/mol. The molecule has 0 amide bonds. The van der Waals surface area contributed by atoms with Crippen LogP contribution in [0.15, 0.2) is 78.4 Å². The molecule has 0 fully saturated rings. The summed E-state index contributed by atoms with van der Waals surface area (Å²) in [6, 6.07) is 11.3. The number of ether oxygens (including phenoxy) is 1. The summed E-state index contributed by atoms with van der Waals surface area (Å²) < 4.78 is 22.3. The van der Waals surface area contributed by atoms with Crippen molar-refractivity contribution in [3.05, 3.63) is 100 Å². The zero-order valence-electron chi connectivity index (χ0n) is 21.3. The van der Waals surface area contributed by atoms with Gasteiger partial charge in [0, 0.05) is 41.0 Å². The first-order chi connectivity index (χ1) is 18.9. The van der Waals surface area contributed by atoms with E-state index in [4.69, 9.17) is 16.3 Å². The summed E-state index contributed by atoms with van der Waals surface area (Å²) in [5.74, 6) is -0.374. The molecular weight excluding hydrogens is 521 g/mol. The number of Topliss-reactive ketones (excluding diaryl/α,β-unsaturated/α-hetero) is 1. The van der Waals surface area contributed by atoms with Crippen molar-refractivity contribution in [1.82, 2.24) is 24.1 Å². The van der Waals surface area contributed by atoms with Crippen molar-refractivity contribution < 1.29 is 13.9 Å². The number of aromatic nitrogens is 5. The molecule has 0 bridgehead atoms. The summed E-state index contributed by atoms with van der Waals surface area (Å²) in [5, 5.41) is 0.430. The second-order valence-corrected chi connectivity index (χ2v) is 9.53. The molecule has 0 aliphatic carbocycles. The van der Waals surface area contributed by atoms with E-state index in [2.05, 4.69) is 15.0 Å². The van der Waals surface area contributed by atoms with E-state index in [9.17, 15) is 14.0 Å². The van der Waals surface area contributed by atoms with Gasteiger partial charge in [-0.1, -0.05) is 31.0 Å². The molecule has 3 heterocycles. The van der Waals surface area contributed by atoms with Gasteiger partial charge in [0.25, 0.3) is 5.56 Å². The minimum atomic E-state index is -0.690. The van der Waals surface area contributed by atoms with Crippen LogP contribution < -0.4 is 10.3 Å². The molecule has 8 nitrogen and oxygen atoms in total. The molecule has 10 heteroatoms. The number of hydrogen-bond donors (Lipinski definition) is 0. The first kappa shape index (κ1) is 26.2. The van der Waals surface area contributed by atoms with Gasteiger partial charge in [-0.2, -0.15) is 4.39 Å². The standard InChI is InChI=1S/C29H25ClFN5O3/c1-3-4-25(26(37)12-18-5-7-22-23(11-18)33-10-9-32-22)36-15-27(39-2)21(14-29(36)38)20-13-19(30)6-8-24(20)35-16-28(31)34-17-35/h5-11,13-17,25H,3-4,12H2,1-2H3. The Labute approximate surface area is 228 Å². The van der Waals surface area contributed by atoms with Gasteiger partial charge in [0.2, 0.25) is 5.95 Å². The number of hydrogen-bond acceptors (Lipinski definition) is 6. The highest BCUT2D eigenvalue weighted by atomic mass is 35.5. The molecule has 0 saturated carbocycles. The molecule has 5 rings (SSSR count). The number of methoxy groups -OCH3 is 1. The third-order valence-corrected chi connectivity index (χ3v) is 6.76. The van der Waals surface area contributed by atoms with Crippen molar-refractivity contribution in [3.8, 4) is 22.6 Å². The van der Waals surface area contributed by atoms with Gasteiger partial charge in [-0.25, -0.2) is 4.98 Å². The molecule has 2 aromatic carbocycles.